The summed E-state index contributed by atoms with van der Waals surface area (Å²) in [5.74, 6) is 0.105. The van der Waals surface area contributed by atoms with Crippen LogP contribution in [0.2, 0.25) is 5.02 Å². The van der Waals surface area contributed by atoms with E-state index in [2.05, 4.69) is 20.6 Å². The van der Waals surface area contributed by atoms with Gasteiger partial charge in [0.2, 0.25) is 5.95 Å². The number of amides is 1. The Morgan fingerprint density at radius 3 is 2.15 bits per heavy atom. The predicted octanol–water partition coefficient (Wildman–Crippen LogP) is 4.01. The Hall–Kier alpha value is -3.25. The summed E-state index contributed by atoms with van der Waals surface area (Å²) in [4.78, 5) is 31.8. The van der Waals surface area contributed by atoms with Gasteiger partial charge in [-0.05, 0) is 48.9 Å². The SMILES string of the molecule is CC(=O)c1ccc(Nc2ncc(C(=O)NCc3ccc(Cl)cc3)cn2)cc1. The van der Waals surface area contributed by atoms with E-state index in [0.29, 0.717) is 28.6 Å². The van der Waals surface area contributed by atoms with Gasteiger partial charge in [0.25, 0.3) is 5.91 Å². The first-order chi connectivity index (χ1) is 13.0. The Bertz CT molecular complexity index is 939. The van der Waals surface area contributed by atoms with Gasteiger partial charge in [0.15, 0.2) is 5.78 Å². The van der Waals surface area contributed by atoms with Gasteiger partial charge in [0.05, 0.1) is 5.56 Å². The van der Waals surface area contributed by atoms with E-state index in [1.54, 1.807) is 36.4 Å². The van der Waals surface area contributed by atoms with Crippen molar-refractivity contribution in [3.63, 3.8) is 0 Å². The number of aromatic nitrogens is 2. The lowest BCUT2D eigenvalue weighted by atomic mass is 10.1. The maximum absolute atomic E-state index is 12.2. The van der Waals surface area contributed by atoms with E-state index in [9.17, 15) is 9.59 Å². The number of benzene rings is 2. The Labute approximate surface area is 161 Å². The maximum Gasteiger partial charge on any atom is 0.254 e. The van der Waals surface area contributed by atoms with Crippen LogP contribution in [0.25, 0.3) is 0 Å². The first-order valence-corrected chi connectivity index (χ1v) is 8.62. The van der Waals surface area contributed by atoms with Crippen LogP contribution in [0.15, 0.2) is 60.9 Å². The van der Waals surface area contributed by atoms with Crippen LogP contribution in [-0.2, 0) is 6.54 Å². The smallest absolute Gasteiger partial charge is 0.254 e. The third kappa shape index (κ3) is 5.12. The van der Waals surface area contributed by atoms with Crippen LogP contribution in [0.3, 0.4) is 0 Å². The number of carbonyl (C=O) groups excluding carboxylic acids is 2. The number of rotatable bonds is 6. The fourth-order valence-corrected chi connectivity index (χ4v) is 2.44. The molecule has 0 aliphatic carbocycles. The minimum absolute atomic E-state index is 0.00626. The third-order valence-corrected chi connectivity index (χ3v) is 4.08. The highest BCUT2D eigenvalue weighted by molar-refractivity contribution is 6.30. The van der Waals surface area contributed by atoms with Crippen LogP contribution in [0.5, 0.6) is 0 Å². The van der Waals surface area contributed by atoms with E-state index < -0.39 is 0 Å². The normalized spacial score (nSPS) is 10.3. The molecule has 0 unspecified atom stereocenters. The number of anilines is 2. The largest absolute Gasteiger partial charge is 0.348 e. The molecule has 136 valence electrons. The molecule has 0 spiro atoms. The number of carbonyl (C=O) groups is 2. The Balaban J connectivity index is 1.58. The molecule has 0 saturated heterocycles. The lowest BCUT2D eigenvalue weighted by molar-refractivity contribution is 0.0949. The zero-order valence-electron chi connectivity index (χ0n) is 14.6. The second-order valence-corrected chi connectivity index (χ2v) is 6.30. The molecule has 0 fully saturated rings. The summed E-state index contributed by atoms with van der Waals surface area (Å²) < 4.78 is 0. The molecule has 1 aromatic heterocycles. The summed E-state index contributed by atoms with van der Waals surface area (Å²) in [7, 11) is 0. The molecule has 2 N–H and O–H groups in total. The highest BCUT2D eigenvalue weighted by Crippen LogP contribution is 2.14. The second-order valence-electron chi connectivity index (χ2n) is 5.86. The van der Waals surface area contributed by atoms with E-state index in [1.165, 1.54) is 19.3 Å². The number of hydrogen-bond acceptors (Lipinski definition) is 5. The van der Waals surface area contributed by atoms with Gasteiger partial charge in [-0.3, -0.25) is 9.59 Å². The topological polar surface area (TPSA) is 84.0 Å². The molecular weight excluding hydrogens is 364 g/mol. The van der Waals surface area contributed by atoms with Crippen LogP contribution >= 0.6 is 11.6 Å². The molecule has 1 amide bonds. The lowest BCUT2D eigenvalue weighted by Crippen LogP contribution is -2.23. The van der Waals surface area contributed by atoms with Gasteiger partial charge in [0, 0.05) is 35.2 Å². The standard InChI is InChI=1S/C20H17ClN4O2/c1-13(26)15-4-8-18(9-5-15)25-20-23-11-16(12-24-20)19(27)22-10-14-2-6-17(21)7-3-14/h2-9,11-12H,10H2,1H3,(H,22,27)(H,23,24,25). The van der Waals surface area contributed by atoms with Crippen molar-refractivity contribution >= 4 is 34.9 Å². The molecular formula is C20H17ClN4O2. The summed E-state index contributed by atoms with van der Waals surface area (Å²) in [6.07, 6.45) is 2.91. The minimum atomic E-state index is -0.262. The van der Waals surface area contributed by atoms with E-state index >= 15 is 0 Å². The van der Waals surface area contributed by atoms with E-state index in [0.717, 1.165) is 11.3 Å². The number of ketones is 1. The first kappa shape index (κ1) is 18.5. The van der Waals surface area contributed by atoms with Crippen LogP contribution in [0.1, 0.15) is 33.2 Å². The Morgan fingerprint density at radius 1 is 0.926 bits per heavy atom. The van der Waals surface area contributed by atoms with E-state index in [1.807, 2.05) is 12.1 Å². The van der Waals surface area contributed by atoms with Gasteiger partial charge in [0.1, 0.15) is 0 Å². The molecule has 3 rings (SSSR count). The fourth-order valence-electron chi connectivity index (χ4n) is 2.31. The molecule has 0 atom stereocenters. The summed E-state index contributed by atoms with van der Waals surface area (Å²) in [6.45, 7) is 1.90. The molecule has 6 nitrogen and oxygen atoms in total. The monoisotopic (exact) mass is 380 g/mol. The summed E-state index contributed by atoms with van der Waals surface area (Å²) in [5, 5.41) is 6.48. The van der Waals surface area contributed by atoms with Crippen molar-refractivity contribution in [1.29, 1.82) is 0 Å². The van der Waals surface area contributed by atoms with Crippen LogP contribution in [0, 0.1) is 0 Å². The van der Waals surface area contributed by atoms with E-state index in [4.69, 9.17) is 11.6 Å². The average molecular weight is 381 g/mol. The number of nitrogens with one attached hydrogen (secondary N) is 2. The lowest BCUT2D eigenvalue weighted by Gasteiger charge is -2.07. The van der Waals surface area contributed by atoms with Crippen LogP contribution in [0.4, 0.5) is 11.6 Å². The first-order valence-electron chi connectivity index (χ1n) is 8.24. The minimum Gasteiger partial charge on any atom is -0.348 e. The quantitative estimate of drug-likeness (QED) is 0.631. The molecule has 0 aliphatic rings. The molecule has 0 saturated carbocycles. The number of hydrogen-bond donors (Lipinski definition) is 2. The van der Waals surface area contributed by atoms with Gasteiger partial charge in [-0.2, -0.15) is 0 Å². The van der Waals surface area contributed by atoms with Crippen molar-refractivity contribution < 1.29 is 9.59 Å². The third-order valence-electron chi connectivity index (χ3n) is 3.83. The van der Waals surface area contributed by atoms with Crippen LogP contribution < -0.4 is 10.6 Å². The van der Waals surface area contributed by atoms with Crippen molar-refractivity contribution in [1.82, 2.24) is 15.3 Å². The number of nitrogens with zero attached hydrogens (tertiary/aromatic N) is 2. The van der Waals surface area contributed by atoms with E-state index in [-0.39, 0.29) is 11.7 Å². The Kier molecular flexibility index (Phi) is 5.78. The van der Waals surface area contributed by atoms with Gasteiger partial charge < -0.3 is 10.6 Å². The Morgan fingerprint density at radius 2 is 1.56 bits per heavy atom. The van der Waals surface area contributed by atoms with Gasteiger partial charge in [-0.1, -0.05) is 23.7 Å². The average Bonchev–Trinajstić information content (AvgIpc) is 2.68. The molecule has 1 heterocycles. The van der Waals surface area contributed by atoms with Crippen molar-refractivity contribution in [3.05, 3.63) is 82.6 Å². The summed E-state index contributed by atoms with van der Waals surface area (Å²) >= 11 is 5.84. The number of halogens is 1. The van der Waals surface area contributed by atoms with Crippen molar-refractivity contribution in [2.24, 2.45) is 0 Å². The fraction of sp³-hybridized carbons (Fsp3) is 0.100. The summed E-state index contributed by atoms with van der Waals surface area (Å²) in [6, 6.07) is 14.2. The number of Topliss-reactive ketones (excluding diaryl/α,β-unsaturated/α-hetero) is 1. The predicted molar refractivity (Wildman–Crippen MR) is 104 cm³/mol. The van der Waals surface area contributed by atoms with Crippen molar-refractivity contribution in [3.8, 4) is 0 Å². The molecule has 0 aliphatic heterocycles. The molecule has 0 bridgehead atoms. The zero-order valence-corrected chi connectivity index (χ0v) is 15.3. The van der Waals surface area contributed by atoms with Crippen molar-refractivity contribution in [2.75, 3.05) is 5.32 Å². The second kappa shape index (κ2) is 8.42. The van der Waals surface area contributed by atoms with Gasteiger partial charge >= 0.3 is 0 Å². The van der Waals surface area contributed by atoms with Crippen LogP contribution in [-0.4, -0.2) is 21.7 Å². The summed E-state index contributed by atoms with van der Waals surface area (Å²) in [5.41, 5.74) is 2.69. The highest BCUT2D eigenvalue weighted by Gasteiger charge is 2.07. The molecule has 2 aromatic carbocycles. The van der Waals surface area contributed by atoms with Crippen molar-refractivity contribution in [2.45, 2.75) is 13.5 Å². The molecule has 3 aromatic rings. The maximum atomic E-state index is 12.2. The molecule has 27 heavy (non-hydrogen) atoms. The molecule has 0 radical (unpaired) electrons. The zero-order chi connectivity index (χ0) is 19.2. The molecule has 7 heteroatoms. The highest BCUT2D eigenvalue weighted by atomic mass is 35.5. The van der Waals surface area contributed by atoms with Gasteiger partial charge in [-0.25, -0.2) is 9.97 Å². The van der Waals surface area contributed by atoms with Gasteiger partial charge in [-0.15, -0.1) is 0 Å².